The Hall–Kier alpha value is -0.880. The van der Waals surface area contributed by atoms with Gasteiger partial charge in [0, 0.05) is 17.5 Å². The van der Waals surface area contributed by atoms with E-state index in [2.05, 4.69) is 18.0 Å². The highest BCUT2D eigenvalue weighted by Crippen LogP contribution is 2.45. The standard InChI is InChI=1S/C12H16N2S/c1-2-10-3-4-12(5-10,8-13)6-11-7-14-9-15-11/h7,9-10H,2-6H2,1H3. The van der Waals surface area contributed by atoms with E-state index < -0.39 is 0 Å². The fourth-order valence-corrected chi connectivity index (χ4v) is 3.29. The van der Waals surface area contributed by atoms with Gasteiger partial charge in [-0.05, 0) is 25.2 Å². The Labute approximate surface area is 95.0 Å². The molecule has 1 aromatic rings. The van der Waals surface area contributed by atoms with Gasteiger partial charge in [-0.1, -0.05) is 13.3 Å². The minimum absolute atomic E-state index is 0.0901. The largest absolute Gasteiger partial charge is 0.253 e. The molecule has 1 aliphatic carbocycles. The fourth-order valence-electron chi connectivity index (χ4n) is 2.55. The molecular weight excluding hydrogens is 204 g/mol. The van der Waals surface area contributed by atoms with Gasteiger partial charge in [-0.3, -0.25) is 4.98 Å². The van der Waals surface area contributed by atoms with Gasteiger partial charge in [-0.2, -0.15) is 5.26 Å². The van der Waals surface area contributed by atoms with Crippen molar-refractivity contribution in [1.29, 1.82) is 5.26 Å². The van der Waals surface area contributed by atoms with Crippen LogP contribution >= 0.6 is 11.3 Å². The molecule has 0 spiro atoms. The predicted octanol–water partition coefficient (Wildman–Crippen LogP) is 3.41. The summed E-state index contributed by atoms with van der Waals surface area (Å²) in [6.07, 6.45) is 7.40. The average molecular weight is 220 g/mol. The molecule has 0 radical (unpaired) electrons. The second-order valence-corrected chi connectivity index (χ2v) is 5.52. The van der Waals surface area contributed by atoms with Crippen molar-refractivity contribution >= 4 is 11.3 Å². The molecule has 0 aromatic carbocycles. The van der Waals surface area contributed by atoms with Crippen molar-refractivity contribution in [2.24, 2.45) is 11.3 Å². The van der Waals surface area contributed by atoms with Gasteiger partial charge >= 0.3 is 0 Å². The normalized spacial score (nSPS) is 30.3. The molecule has 3 heteroatoms. The summed E-state index contributed by atoms with van der Waals surface area (Å²) in [5.41, 5.74) is 1.76. The first-order valence-corrected chi connectivity index (χ1v) is 6.44. The molecule has 0 saturated heterocycles. The third-order valence-electron chi connectivity index (χ3n) is 3.52. The Balaban J connectivity index is 2.08. The zero-order valence-electron chi connectivity index (χ0n) is 9.07. The first kappa shape index (κ1) is 10.6. The Kier molecular flexibility index (Phi) is 3.06. The lowest BCUT2D eigenvalue weighted by Crippen LogP contribution is -2.17. The third kappa shape index (κ3) is 2.21. The number of nitriles is 1. The summed E-state index contributed by atoms with van der Waals surface area (Å²) in [5.74, 6) is 0.762. The van der Waals surface area contributed by atoms with Gasteiger partial charge in [0.2, 0.25) is 0 Å². The Bertz CT molecular complexity index is 352. The van der Waals surface area contributed by atoms with Crippen LogP contribution in [0.2, 0.25) is 0 Å². The molecule has 2 unspecified atom stereocenters. The number of hydrogen-bond donors (Lipinski definition) is 0. The quantitative estimate of drug-likeness (QED) is 0.782. The van der Waals surface area contributed by atoms with Crippen LogP contribution in [0.1, 0.15) is 37.5 Å². The molecule has 1 saturated carbocycles. The van der Waals surface area contributed by atoms with Gasteiger partial charge in [0.05, 0.1) is 17.0 Å². The van der Waals surface area contributed by atoms with Crippen LogP contribution in [0.3, 0.4) is 0 Å². The molecule has 0 aliphatic heterocycles. The molecule has 1 aromatic heterocycles. The van der Waals surface area contributed by atoms with Crippen molar-refractivity contribution in [2.75, 3.05) is 0 Å². The molecule has 2 rings (SSSR count). The van der Waals surface area contributed by atoms with Gasteiger partial charge in [0.15, 0.2) is 0 Å². The van der Waals surface area contributed by atoms with Crippen molar-refractivity contribution < 1.29 is 0 Å². The predicted molar refractivity (Wildman–Crippen MR) is 61.5 cm³/mol. The zero-order valence-corrected chi connectivity index (χ0v) is 9.89. The minimum atomic E-state index is -0.0901. The van der Waals surface area contributed by atoms with E-state index in [-0.39, 0.29) is 5.41 Å². The van der Waals surface area contributed by atoms with Gasteiger partial charge in [-0.25, -0.2) is 0 Å². The monoisotopic (exact) mass is 220 g/mol. The average Bonchev–Trinajstić information content (AvgIpc) is 2.88. The van der Waals surface area contributed by atoms with Crippen LogP contribution in [-0.4, -0.2) is 4.98 Å². The second-order valence-electron chi connectivity index (χ2n) is 4.55. The third-order valence-corrected chi connectivity index (χ3v) is 4.30. The van der Waals surface area contributed by atoms with E-state index in [1.54, 1.807) is 11.3 Å². The molecule has 1 heterocycles. The lowest BCUT2D eigenvalue weighted by atomic mass is 9.83. The van der Waals surface area contributed by atoms with E-state index in [0.717, 1.165) is 25.2 Å². The first-order valence-electron chi connectivity index (χ1n) is 5.56. The SMILES string of the molecule is CCC1CCC(C#N)(Cc2cncs2)C1. The van der Waals surface area contributed by atoms with Crippen molar-refractivity contribution in [2.45, 2.75) is 39.0 Å². The lowest BCUT2D eigenvalue weighted by molar-refractivity contribution is 0.383. The van der Waals surface area contributed by atoms with Crippen LogP contribution in [0.15, 0.2) is 11.7 Å². The summed E-state index contributed by atoms with van der Waals surface area (Å²) >= 11 is 1.67. The highest BCUT2D eigenvalue weighted by atomic mass is 32.1. The van der Waals surface area contributed by atoms with Crippen LogP contribution < -0.4 is 0 Å². The maximum atomic E-state index is 9.36. The van der Waals surface area contributed by atoms with Crippen molar-refractivity contribution in [3.8, 4) is 6.07 Å². The molecule has 80 valence electrons. The van der Waals surface area contributed by atoms with E-state index >= 15 is 0 Å². The summed E-state index contributed by atoms with van der Waals surface area (Å²) in [4.78, 5) is 5.34. The summed E-state index contributed by atoms with van der Waals surface area (Å²) in [6, 6.07) is 2.56. The molecule has 1 fully saturated rings. The summed E-state index contributed by atoms with van der Waals surface area (Å²) in [5, 5.41) is 9.36. The van der Waals surface area contributed by atoms with Crippen molar-refractivity contribution in [3.05, 3.63) is 16.6 Å². The van der Waals surface area contributed by atoms with Crippen LogP contribution in [0.5, 0.6) is 0 Å². The number of nitrogens with zero attached hydrogens (tertiary/aromatic N) is 2. The van der Waals surface area contributed by atoms with Gasteiger partial charge < -0.3 is 0 Å². The molecule has 2 nitrogen and oxygen atoms in total. The molecule has 0 amide bonds. The maximum absolute atomic E-state index is 9.36. The van der Waals surface area contributed by atoms with Crippen molar-refractivity contribution in [1.82, 2.24) is 4.98 Å². The lowest BCUT2D eigenvalue weighted by Gasteiger charge is -2.19. The Morgan fingerprint density at radius 2 is 2.60 bits per heavy atom. The smallest absolute Gasteiger partial charge is 0.0794 e. The molecule has 0 N–H and O–H groups in total. The molecule has 15 heavy (non-hydrogen) atoms. The van der Waals surface area contributed by atoms with Crippen LogP contribution in [0, 0.1) is 22.7 Å². The van der Waals surface area contributed by atoms with E-state index in [1.807, 2.05) is 11.7 Å². The van der Waals surface area contributed by atoms with Crippen molar-refractivity contribution in [3.63, 3.8) is 0 Å². The van der Waals surface area contributed by atoms with E-state index in [9.17, 15) is 5.26 Å². The number of hydrogen-bond acceptors (Lipinski definition) is 3. The number of aromatic nitrogens is 1. The zero-order chi connectivity index (χ0) is 10.7. The van der Waals surface area contributed by atoms with Gasteiger partial charge in [0.1, 0.15) is 0 Å². The summed E-state index contributed by atoms with van der Waals surface area (Å²) < 4.78 is 0. The number of thiazole rings is 1. The Morgan fingerprint density at radius 1 is 1.73 bits per heavy atom. The highest BCUT2D eigenvalue weighted by Gasteiger charge is 2.38. The fraction of sp³-hybridized carbons (Fsp3) is 0.667. The molecular formula is C12H16N2S. The molecule has 0 bridgehead atoms. The second kappa shape index (κ2) is 4.32. The summed E-state index contributed by atoms with van der Waals surface area (Å²) in [6.45, 7) is 2.23. The van der Waals surface area contributed by atoms with Crippen LogP contribution in [-0.2, 0) is 6.42 Å². The maximum Gasteiger partial charge on any atom is 0.0794 e. The van der Waals surface area contributed by atoms with Gasteiger partial charge in [-0.15, -0.1) is 11.3 Å². The van der Waals surface area contributed by atoms with E-state index in [0.29, 0.717) is 0 Å². The topological polar surface area (TPSA) is 36.7 Å². The van der Waals surface area contributed by atoms with E-state index in [4.69, 9.17) is 0 Å². The highest BCUT2D eigenvalue weighted by molar-refractivity contribution is 7.09. The van der Waals surface area contributed by atoms with Crippen LogP contribution in [0.4, 0.5) is 0 Å². The molecule has 2 atom stereocenters. The first-order chi connectivity index (χ1) is 7.28. The van der Waals surface area contributed by atoms with Crippen LogP contribution in [0.25, 0.3) is 0 Å². The summed E-state index contributed by atoms with van der Waals surface area (Å²) in [7, 11) is 0. The van der Waals surface area contributed by atoms with E-state index in [1.165, 1.54) is 17.7 Å². The molecule has 1 aliphatic rings. The minimum Gasteiger partial charge on any atom is -0.253 e. The van der Waals surface area contributed by atoms with Gasteiger partial charge in [0.25, 0.3) is 0 Å². The Morgan fingerprint density at radius 3 is 3.13 bits per heavy atom. The number of rotatable bonds is 3.